The number of nitro benzene ring substituents is 1. The Hall–Kier alpha value is -1.95. The van der Waals surface area contributed by atoms with E-state index in [1.54, 1.807) is 17.9 Å². The molecule has 2 unspecified atom stereocenters. The van der Waals surface area contributed by atoms with E-state index < -0.39 is 4.92 Å². The normalized spacial score (nSPS) is 22.1. The van der Waals surface area contributed by atoms with Crippen molar-refractivity contribution in [2.45, 2.75) is 32.7 Å². The fourth-order valence-corrected chi connectivity index (χ4v) is 2.84. The standard InChI is InChI=1S/C15H21N3O3/c1-3-11-9-17(7-6-13(11)16)15(19)12-4-5-14(18(20)21)10(2)8-12/h4-5,8,11,13H,3,6-7,9,16H2,1-2H3. The third-order valence-electron chi connectivity index (χ3n) is 4.24. The molecule has 0 radical (unpaired) electrons. The first-order valence-electron chi connectivity index (χ1n) is 7.24. The topological polar surface area (TPSA) is 89.5 Å². The Bertz CT molecular complexity index is 559. The molecule has 1 aliphatic heterocycles. The zero-order valence-corrected chi connectivity index (χ0v) is 12.4. The molecule has 0 spiro atoms. The van der Waals surface area contributed by atoms with Crippen molar-refractivity contribution < 1.29 is 9.72 Å². The van der Waals surface area contributed by atoms with Crippen LogP contribution in [0.2, 0.25) is 0 Å². The summed E-state index contributed by atoms with van der Waals surface area (Å²) in [6.07, 6.45) is 1.75. The molecule has 1 fully saturated rings. The lowest BCUT2D eigenvalue weighted by atomic mass is 9.90. The van der Waals surface area contributed by atoms with Crippen molar-refractivity contribution in [3.8, 4) is 0 Å². The van der Waals surface area contributed by atoms with E-state index in [9.17, 15) is 14.9 Å². The van der Waals surface area contributed by atoms with Gasteiger partial charge in [0.1, 0.15) is 0 Å². The van der Waals surface area contributed by atoms with Crippen molar-refractivity contribution in [3.05, 3.63) is 39.4 Å². The molecule has 1 amide bonds. The van der Waals surface area contributed by atoms with Crippen LogP contribution < -0.4 is 5.73 Å². The van der Waals surface area contributed by atoms with Gasteiger partial charge in [0.05, 0.1) is 4.92 Å². The molecular weight excluding hydrogens is 270 g/mol. The van der Waals surface area contributed by atoms with Crippen LogP contribution in [0.4, 0.5) is 5.69 Å². The first kappa shape index (κ1) is 15.4. The highest BCUT2D eigenvalue weighted by atomic mass is 16.6. The van der Waals surface area contributed by atoms with Crippen LogP contribution in [-0.2, 0) is 0 Å². The van der Waals surface area contributed by atoms with E-state index in [0.717, 1.165) is 12.8 Å². The second kappa shape index (κ2) is 6.22. The van der Waals surface area contributed by atoms with Crippen molar-refractivity contribution in [1.29, 1.82) is 0 Å². The highest BCUT2D eigenvalue weighted by Crippen LogP contribution is 2.23. The Kier molecular flexibility index (Phi) is 4.57. The van der Waals surface area contributed by atoms with Gasteiger partial charge in [-0.05, 0) is 31.4 Å². The number of nitrogens with zero attached hydrogens (tertiary/aromatic N) is 2. The summed E-state index contributed by atoms with van der Waals surface area (Å²) in [7, 11) is 0. The van der Waals surface area contributed by atoms with Gasteiger partial charge in [-0.3, -0.25) is 14.9 Å². The second-order valence-corrected chi connectivity index (χ2v) is 5.63. The highest BCUT2D eigenvalue weighted by Gasteiger charge is 2.29. The van der Waals surface area contributed by atoms with Crippen LogP contribution in [0.1, 0.15) is 35.7 Å². The average molecular weight is 291 g/mol. The van der Waals surface area contributed by atoms with Gasteiger partial charge in [-0.25, -0.2) is 0 Å². The molecule has 2 atom stereocenters. The first-order chi connectivity index (χ1) is 9.93. The van der Waals surface area contributed by atoms with Gasteiger partial charge in [-0.1, -0.05) is 13.3 Å². The van der Waals surface area contributed by atoms with Crippen LogP contribution in [0, 0.1) is 23.0 Å². The van der Waals surface area contributed by atoms with Gasteiger partial charge < -0.3 is 10.6 Å². The SMILES string of the molecule is CCC1CN(C(=O)c2ccc([N+](=O)[O-])c(C)c2)CCC1N. The number of hydrogen-bond acceptors (Lipinski definition) is 4. The van der Waals surface area contributed by atoms with Crippen molar-refractivity contribution in [2.75, 3.05) is 13.1 Å². The molecule has 1 aromatic rings. The zero-order chi connectivity index (χ0) is 15.6. The van der Waals surface area contributed by atoms with E-state index >= 15 is 0 Å². The summed E-state index contributed by atoms with van der Waals surface area (Å²) in [5, 5.41) is 10.8. The maximum absolute atomic E-state index is 12.5. The summed E-state index contributed by atoms with van der Waals surface area (Å²) in [5.74, 6) is 0.250. The number of carbonyl (C=O) groups excluding carboxylic acids is 1. The minimum absolute atomic E-state index is 0.0404. The number of nitrogens with two attached hydrogens (primary N) is 1. The van der Waals surface area contributed by atoms with Crippen LogP contribution in [-0.4, -0.2) is 34.9 Å². The zero-order valence-electron chi connectivity index (χ0n) is 12.4. The Morgan fingerprint density at radius 1 is 1.52 bits per heavy atom. The van der Waals surface area contributed by atoms with E-state index in [-0.39, 0.29) is 17.6 Å². The molecule has 0 aromatic heterocycles. The largest absolute Gasteiger partial charge is 0.338 e. The summed E-state index contributed by atoms with van der Waals surface area (Å²) in [4.78, 5) is 24.7. The molecule has 1 aliphatic rings. The molecule has 2 N–H and O–H groups in total. The predicted octanol–water partition coefficient (Wildman–Crippen LogP) is 2.10. The molecule has 21 heavy (non-hydrogen) atoms. The minimum atomic E-state index is -0.434. The molecule has 0 saturated carbocycles. The minimum Gasteiger partial charge on any atom is -0.338 e. The van der Waals surface area contributed by atoms with E-state index in [4.69, 9.17) is 5.73 Å². The van der Waals surface area contributed by atoms with Crippen molar-refractivity contribution in [3.63, 3.8) is 0 Å². The van der Waals surface area contributed by atoms with Crippen LogP contribution in [0.5, 0.6) is 0 Å². The summed E-state index contributed by atoms with van der Waals surface area (Å²) in [6.45, 7) is 5.03. The number of aryl methyl sites for hydroxylation is 1. The first-order valence-corrected chi connectivity index (χ1v) is 7.24. The molecular formula is C15H21N3O3. The average Bonchev–Trinajstić information content (AvgIpc) is 2.46. The molecule has 1 saturated heterocycles. The number of nitro groups is 1. The van der Waals surface area contributed by atoms with E-state index in [0.29, 0.717) is 30.1 Å². The second-order valence-electron chi connectivity index (χ2n) is 5.63. The highest BCUT2D eigenvalue weighted by molar-refractivity contribution is 5.94. The van der Waals surface area contributed by atoms with Gasteiger partial charge in [-0.15, -0.1) is 0 Å². The van der Waals surface area contributed by atoms with Gasteiger partial charge in [0.25, 0.3) is 11.6 Å². The van der Waals surface area contributed by atoms with Crippen LogP contribution in [0.25, 0.3) is 0 Å². The number of piperidine rings is 1. The Labute approximate surface area is 124 Å². The summed E-state index contributed by atoms with van der Waals surface area (Å²) >= 11 is 0. The lowest BCUT2D eigenvalue weighted by Gasteiger charge is -2.36. The number of rotatable bonds is 3. The molecule has 6 nitrogen and oxygen atoms in total. The third kappa shape index (κ3) is 3.21. The maximum atomic E-state index is 12.5. The van der Waals surface area contributed by atoms with Gasteiger partial charge in [-0.2, -0.15) is 0 Å². The molecule has 2 rings (SSSR count). The van der Waals surface area contributed by atoms with E-state index in [1.807, 2.05) is 0 Å². The smallest absolute Gasteiger partial charge is 0.272 e. The monoisotopic (exact) mass is 291 g/mol. The molecule has 6 heteroatoms. The fraction of sp³-hybridized carbons (Fsp3) is 0.533. The summed E-state index contributed by atoms with van der Waals surface area (Å²) < 4.78 is 0. The molecule has 114 valence electrons. The van der Waals surface area contributed by atoms with E-state index in [1.165, 1.54) is 12.1 Å². The third-order valence-corrected chi connectivity index (χ3v) is 4.24. The van der Waals surface area contributed by atoms with Gasteiger partial charge >= 0.3 is 0 Å². The molecule has 1 aromatic carbocycles. The Balaban J connectivity index is 2.17. The number of hydrogen-bond donors (Lipinski definition) is 1. The van der Waals surface area contributed by atoms with Crippen LogP contribution in [0.15, 0.2) is 18.2 Å². The lowest BCUT2D eigenvalue weighted by Crippen LogP contribution is -2.49. The van der Waals surface area contributed by atoms with Crippen LogP contribution >= 0.6 is 0 Å². The fourth-order valence-electron chi connectivity index (χ4n) is 2.84. The molecule has 1 heterocycles. The Morgan fingerprint density at radius 3 is 2.81 bits per heavy atom. The van der Waals surface area contributed by atoms with Crippen molar-refractivity contribution in [1.82, 2.24) is 4.90 Å². The Morgan fingerprint density at radius 2 is 2.24 bits per heavy atom. The van der Waals surface area contributed by atoms with E-state index in [2.05, 4.69) is 6.92 Å². The van der Waals surface area contributed by atoms with Gasteiger partial charge in [0, 0.05) is 36.3 Å². The van der Waals surface area contributed by atoms with Crippen molar-refractivity contribution in [2.24, 2.45) is 11.7 Å². The van der Waals surface area contributed by atoms with Crippen molar-refractivity contribution >= 4 is 11.6 Å². The van der Waals surface area contributed by atoms with Gasteiger partial charge in [0.2, 0.25) is 0 Å². The quantitative estimate of drug-likeness (QED) is 0.682. The molecule has 0 bridgehead atoms. The number of benzene rings is 1. The summed E-state index contributed by atoms with van der Waals surface area (Å²) in [6, 6.07) is 4.67. The maximum Gasteiger partial charge on any atom is 0.272 e. The van der Waals surface area contributed by atoms with Gasteiger partial charge in [0.15, 0.2) is 0 Å². The summed E-state index contributed by atoms with van der Waals surface area (Å²) in [5.41, 5.74) is 7.10. The number of carbonyl (C=O) groups is 1. The van der Waals surface area contributed by atoms with Crippen LogP contribution in [0.3, 0.4) is 0 Å². The number of likely N-dealkylation sites (tertiary alicyclic amines) is 1. The lowest BCUT2D eigenvalue weighted by molar-refractivity contribution is -0.385. The number of amides is 1. The predicted molar refractivity (Wildman–Crippen MR) is 80.1 cm³/mol. The molecule has 0 aliphatic carbocycles.